The van der Waals surface area contributed by atoms with E-state index in [-0.39, 0.29) is 5.41 Å². The molecule has 98 valence electrons. The smallest absolute Gasteiger partial charge is 0.00714 e. The second-order valence-electron chi connectivity index (χ2n) is 5.66. The number of rotatable bonds is 3. The fourth-order valence-electron chi connectivity index (χ4n) is 3.74. The Bertz CT molecular complexity index is 561. The van der Waals surface area contributed by atoms with Crippen LogP contribution in [-0.2, 0) is 11.8 Å². The molecule has 1 heteroatoms. The highest BCUT2D eigenvalue weighted by molar-refractivity contribution is 5.45. The fraction of sp³-hybridized carbons (Fsp3) is 0.333. The van der Waals surface area contributed by atoms with E-state index >= 15 is 0 Å². The van der Waals surface area contributed by atoms with Crippen molar-refractivity contribution in [1.82, 2.24) is 0 Å². The molecule has 0 amide bonds. The van der Waals surface area contributed by atoms with Gasteiger partial charge in [0, 0.05) is 5.41 Å². The van der Waals surface area contributed by atoms with E-state index in [9.17, 15) is 0 Å². The Morgan fingerprint density at radius 2 is 1.74 bits per heavy atom. The number of nitrogens with two attached hydrogens (primary N) is 1. The first-order valence-electron chi connectivity index (χ1n) is 7.11. The summed E-state index contributed by atoms with van der Waals surface area (Å²) in [7, 11) is 0. The summed E-state index contributed by atoms with van der Waals surface area (Å²) >= 11 is 0. The second kappa shape index (κ2) is 4.82. The van der Waals surface area contributed by atoms with Gasteiger partial charge in [-0.25, -0.2) is 0 Å². The van der Waals surface area contributed by atoms with E-state index in [0.717, 1.165) is 19.4 Å². The Balaban J connectivity index is 2.10. The molecule has 19 heavy (non-hydrogen) atoms. The van der Waals surface area contributed by atoms with Crippen LogP contribution in [0.4, 0.5) is 0 Å². The highest BCUT2D eigenvalue weighted by atomic mass is 14.6. The Hall–Kier alpha value is -1.60. The molecule has 0 heterocycles. The predicted octanol–water partition coefficient (Wildman–Crippen LogP) is 3.63. The third-order valence-corrected chi connectivity index (χ3v) is 4.80. The Morgan fingerprint density at radius 1 is 1.05 bits per heavy atom. The van der Waals surface area contributed by atoms with Crippen LogP contribution in [0.25, 0.3) is 0 Å². The summed E-state index contributed by atoms with van der Waals surface area (Å²) in [6.45, 7) is 3.10. The zero-order valence-electron chi connectivity index (χ0n) is 11.5. The van der Waals surface area contributed by atoms with Gasteiger partial charge < -0.3 is 5.73 Å². The average Bonchev–Trinajstić information content (AvgIpc) is 2.75. The van der Waals surface area contributed by atoms with Crippen LogP contribution in [-0.4, -0.2) is 6.54 Å². The molecular weight excluding hydrogens is 230 g/mol. The van der Waals surface area contributed by atoms with Crippen molar-refractivity contribution in [3.63, 3.8) is 0 Å². The molecule has 2 atom stereocenters. The largest absolute Gasteiger partial charge is 0.330 e. The number of hydrogen-bond acceptors (Lipinski definition) is 1. The number of benzene rings is 2. The summed E-state index contributed by atoms with van der Waals surface area (Å²) in [6, 6.07) is 19.7. The van der Waals surface area contributed by atoms with Crippen molar-refractivity contribution in [2.24, 2.45) is 5.73 Å². The molecule has 0 radical (unpaired) electrons. The van der Waals surface area contributed by atoms with Crippen LogP contribution in [0.5, 0.6) is 0 Å². The molecule has 0 unspecified atom stereocenters. The molecule has 2 aromatic rings. The van der Waals surface area contributed by atoms with Gasteiger partial charge in [0.05, 0.1) is 0 Å². The predicted molar refractivity (Wildman–Crippen MR) is 80.4 cm³/mol. The molecule has 0 aliphatic heterocycles. The van der Waals surface area contributed by atoms with Gasteiger partial charge >= 0.3 is 0 Å². The maximum Gasteiger partial charge on any atom is 0.00714 e. The standard InChI is InChI=1S/C18H21N/c1-14-17-10-6-5-7-15(17)13-18(14,11-12-19)16-8-3-2-4-9-16/h2-10,14H,11-13,19H2,1H3/t14-,18+/m1/s1. The minimum atomic E-state index is 0.180. The lowest BCUT2D eigenvalue weighted by atomic mass is 9.69. The molecule has 0 fully saturated rings. The van der Waals surface area contributed by atoms with Crippen LogP contribution >= 0.6 is 0 Å². The summed E-state index contributed by atoms with van der Waals surface area (Å²) in [5.74, 6) is 0.537. The molecule has 0 saturated carbocycles. The van der Waals surface area contributed by atoms with Crippen molar-refractivity contribution >= 4 is 0 Å². The van der Waals surface area contributed by atoms with Gasteiger partial charge in [0.1, 0.15) is 0 Å². The first-order valence-corrected chi connectivity index (χ1v) is 7.11. The van der Waals surface area contributed by atoms with Crippen LogP contribution in [0.2, 0.25) is 0 Å². The van der Waals surface area contributed by atoms with E-state index < -0.39 is 0 Å². The van der Waals surface area contributed by atoms with Gasteiger partial charge in [-0.05, 0) is 42.0 Å². The highest BCUT2D eigenvalue weighted by Crippen LogP contribution is 2.50. The molecule has 0 saturated heterocycles. The van der Waals surface area contributed by atoms with E-state index in [4.69, 9.17) is 5.73 Å². The molecule has 0 aromatic heterocycles. The Morgan fingerprint density at radius 3 is 2.42 bits per heavy atom. The van der Waals surface area contributed by atoms with E-state index in [1.54, 1.807) is 0 Å². The molecule has 1 aliphatic carbocycles. The second-order valence-corrected chi connectivity index (χ2v) is 5.66. The Labute approximate surface area is 115 Å². The SMILES string of the molecule is C[C@@H]1c2ccccc2C[C@]1(CCN)c1ccccc1. The monoisotopic (exact) mass is 251 g/mol. The summed E-state index contributed by atoms with van der Waals surface area (Å²) in [4.78, 5) is 0. The van der Waals surface area contributed by atoms with E-state index in [2.05, 4.69) is 61.5 Å². The van der Waals surface area contributed by atoms with Gasteiger partial charge in [-0.3, -0.25) is 0 Å². The zero-order chi connectivity index (χ0) is 13.3. The van der Waals surface area contributed by atoms with E-state index in [1.807, 2.05) is 0 Å². The van der Waals surface area contributed by atoms with E-state index in [1.165, 1.54) is 16.7 Å². The topological polar surface area (TPSA) is 26.0 Å². The molecule has 0 bridgehead atoms. The lowest BCUT2D eigenvalue weighted by molar-refractivity contribution is 0.364. The number of fused-ring (bicyclic) bond motifs is 1. The van der Waals surface area contributed by atoms with Crippen LogP contribution in [0.3, 0.4) is 0 Å². The molecule has 1 nitrogen and oxygen atoms in total. The summed E-state index contributed by atoms with van der Waals surface area (Å²) in [6.07, 6.45) is 2.17. The molecular formula is C18H21N. The van der Waals surface area contributed by atoms with Crippen molar-refractivity contribution in [3.05, 3.63) is 71.3 Å². The first kappa shape index (κ1) is 12.4. The molecule has 2 N–H and O–H groups in total. The third kappa shape index (κ3) is 1.89. The third-order valence-electron chi connectivity index (χ3n) is 4.80. The average molecular weight is 251 g/mol. The van der Waals surface area contributed by atoms with Crippen molar-refractivity contribution in [2.45, 2.75) is 31.1 Å². The maximum absolute atomic E-state index is 5.93. The highest BCUT2D eigenvalue weighted by Gasteiger charge is 2.43. The lowest BCUT2D eigenvalue weighted by Crippen LogP contribution is -2.32. The van der Waals surface area contributed by atoms with Crippen LogP contribution in [0, 0.1) is 0 Å². The molecule has 3 rings (SSSR count). The van der Waals surface area contributed by atoms with Gasteiger partial charge in [0.25, 0.3) is 0 Å². The minimum Gasteiger partial charge on any atom is -0.330 e. The molecule has 2 aromatic carbocycles. The van der Waals surface area contributed by atoms with Crippen LogP contribution in [0.1, 0.15) is 36.0 Å². The van der Waals surface area contributed by atoms with Gasteiger partial charge in [0.2, 0.25) is 0 Å². The first-order chi connectivity index (χ1) is 9.28. The van der Waals surface area contributed by atoms with Crippen molar-refractivity contribution in [2.75, 3.05) is 6.54 Å². The van der Waals surface area contributed by atoms with Crippen molar-refractivity contribution in [3.8, 4) is 0 Å². The molecule has 0 spiro atoms. The van der Waals surface area contributed by atoms with Gasteiger partial charge in [-0.15, -0.1) is 0 Å². The summed E-state index contributed by atoms with van der Waals surface area (Å²) in [5, 5.41) is 0. The van der Waals surface area contributed by atoms with Gasteiger partial charge in [-0.2, -0.15) is 0 Å². The number of hydrogen-bond donors (Lipinski definition) is 1. The maximum atomic E-state index is 5.93. The summed E-state index contributed by atoms with van der Waals surface area (Å²) in [5.41, 5.74) is 10.5. The minimum absolute atomic E-state index is 0.180. The fourth-order valence-corrected chi connectivity index (χ4v) is 3.74. The quantitative estimate of drug-likeness (QED) is 0.885. The zero-order valence-corrected chi connectivity index (χ0v) is 11.5. The summed E-state index contributed by atoms with van der Waals surface area (Å²) < 4.78 is 0. The lowest BCUT2D eigenvalue weighted by Gasteiger charge is -2.34. The Kier molecular flexibility index (Phi) is 3.16. The van der Waals surface area contributed by atoms with Gasteiger partial charge in [-0.1, -0.05) is 61.5 Å². The van der Waals surface area contributed by atoms with Crippen molar-refractivity contribution in [1.29, 1.82) is 0 Å². The van der Waals surface area contributed by atoms with Crippen LogP contribution in [0.15, 0.2) is 54.6 Å². The van der Waals surface area contributed by atoms with Gasteiger partial charge in [0.15, 0.2) is 0 Å². The van der Waals surface area contributed by atoms with Crippen molar-refractivity contribution < 1.29 is 0 Å². The molecule has 1 aliphatic rings. The van der Waals surface area contributed by atoms with Crippen LogP contribution < -0.4 is 5.73 Å². The normalized spacial score (nSPS) is 25.3. The van der Waals surface area contributed by atoms with E-state index in [0.29, 0.717) is 5.92 Å².